The van der Waals surface area contributed by atoms with Crippen molar-refractivity contribution in [1.82, 2.24) is 10.3 Å². The van der Waals surface area contributed by atoms with Crippen molar-refractivity contribution in [2.24, 2.45) is 5.92 Å². The second kappa shape index (κ2) is 11.8. The molecule has 0 radical (unpaired) electrons. The molecule has 3 aromatic rings. The van der Waals surface area contributed by atoms with Gasteiger partial charge in [-0.25, -0.2) is 4.98 Å². The third-order valence-electron chi connectivity index (χ3n) is 6.13. The van der Waals surface area contributed by atoms with Crippen LogP contribution in [0.5, 0.6) is 0 Å². The Kier molecular flexibility index (Phi) is 8.35. The van der Waals surface area contributed by atoms with Crippen LogP contribution in [-0.4, -0.2) is 36.3 Å². The molecule has 1 amide bonds. The van der Waals surface area contributed by atoms with E-state index >= 15 is 0 Å². The largest absolute Gasteiger partial charge is 0.351 e. The molecule has 1 fully saturated rings. The molecule has 5 heteroatoms. The molecule has 0 atom stereocenters. The summed E-state index contributed by atoms with van der Waals surface area (Å²) in [6.45, 7) is 4.13. The molecule has 32 heavy (non-hydrogen) atoms. The number of hydrogen-bond donors (Lipinski definition) is 2. The molecule has 1 aliphatic heterocycles. The highest BCUT2D eigenvalue weighted by Gasteiger charge is 2.22. The fraction of sp³-hybridized carbons (Fsp3) is 0.333. The number of nitrogens with one attached hydrogen (secondary N) is 2. The van der Waals surface area contributed by atoms with E-state index in [-0.39, 0.29) is 5.91 Å². The van der Waals surface area contributed by atoms with Crippen molar-refractivity contribution >= 4 is 17.7 Å². The molecular formula is C27H32N3OS+. The smallest absolute Gasteiger partial charge is 0.251 e. The highest BCUT2D eigenvalue weighted by atomic mass is 32.2. The van der Waals surface area contributed by atoms with Crippen LogP contribution in [0.2, 0.25) is 0 Å². The fourth-order valence-corrected chi connectivity index (χ4v) is 5.05. The van der Waals surface area contributed by atoms with Crippen molar-refractivity contribution < 1.29 is 9.69 Å². The number of benzene rings is 2. The van der Waals surface area contributed by atoms with Crippen molar-refractivity contribution in [3.8, 4) is 0 Å². The summed E-state index contributed by atoms with van der Waals surface area (Å²) in [5, 5.41) is 3.99. The maximum atomic E-state index is 12.4. The van der Waals surface area contributed by atoms with Crippen LogP contribution in [0.4, 0.5) is 0 Å². The number of piperidine rings is 1. The van der Waals surface area contributed by atoms with Crippen LogP contribution in [0.25, 0.3) is 0 Å². The van der Waals surface area contributed by atoms with Gasteiger partial charge in [-0.05, 0) is 55.0 Å². The Morgan fingerprint density at radius 3 is 2.41 bits per heavy atom. The molecule has 1 aromatic heterocycles. The van der Waals surface area contributed by atoms with Crippen LogP contribution in [0.1, 0.15) is 34.3 Å². The molecule has 2 aromatic carbocycles. The number of quaternary nitrogens is 1. The number of nitrogens with zero attached hydrogens (tertiary/aromatic N) is 1. The van der Waals surface area contributed by atoms with E-state index in [0.717, 1.165) is 28.8 Å². The lowest BCUT2D eigenvalue weighted by molar-refractivity contribution is -0.919. The van der Waals surface area contributed by atoms with Crippen LogP contribution in [0.3, 0.4) is 0 Å². The number of hydrogen-bond acceptors (Lipinski definition) is 3. The third kappa shape index (κ3) is 6.94. The average molecular weight is 447 g/mol. The summed E-state index contributed by atoms with van der Waals surface area (Å²) in [4.78, 5) is 18.3. The Morgan fingerprint density at radius 1 is 0.938 bits per heavy atom. The first-order valence-electron chi connectivity index (χ1n) is 11.5. The highest BCUT2D eigenvalue weighted by molar-refractivity contribution is 7.99. The van der Waals surface area contributed by atoms with Gasteiger partial charge in [-0.1, -0.05) is 48.5 Å². The molecule has 2 N–H and O–H groups in total. The normalized spacial score (nSPS) is 18.2. The summed E-state index contributed by atoms with van der Waals surface area (Å²) in [6, 6.07) is 24.9. The number of pyridine rings is 1. The average Bonchev–Trinajstić information content (AvgIpc) is 2.85. The van der Waals surface area contributed by atoms with Crippen LogP contribution in [0, 0.1) is 5.92 Å². The number of aromatic nitrogens is 1. The summed E-state index contributed by atoms with van der Waals surface area (Å²) >= 11 is 1.65. The van der Waals surface area contributed by atoms with E-state index in [2.05, 4.69) is 52.8 Å². The maximum Gasteiger partial charge on any atom is 0.251 e. The van der Waals surface area contributed by atoms with Crippen LogP contribution in [0.15, 0.2) is 84.0 Å². The van der Waals surface area contributed by atoms with Gasteiger partial charge >= 0.3 is 0 Å². The molecule has 0 spiro atoms. The summed E-state index contributed by atoms with van der Waals surface area (Å²) in [5.74, 6) is 1.61. The van der Waals surface area contributed by atoms with Gasteiger partial charge in [0.2, 0.25) is 0 Å². The molecule has 0 aliphatic carbocycles. The third-order valence-corrected chi connectivity index (χ3v) is 7.07. The van der Waals surface area contributed by atoms with Crippen molar-refractivity contribution in [2.45, 2.75) is 30.8 Å². The Labute approximate surface area is 195 Å². The molecule has 166 valence electrons. The van der Waals surface area contributed by atoms with Gasteiger partial charge in [0.05, 0.1) is 18.1 Å². The standard InChI is InChI=1S/C27H31N3OS/c31-27(29-16-19-32-26-8-4-5-15-28-26)25-11-9-24(10-12-25)21-30-17-13-23(14-18-30)20-22-6-2-1-3-7-22/h1-12,15,23H,13-14,16-21H2,(H,29,31)/p+1. The van der Waals surface area contributed by atoms with Crippen molar-refractivity contribution in [1.29, 1.82) is 0 Å². The fourth-order valence-electron chi connectivity index (χ4n) is 4.33. The zero-order valence-corrected chi connectivity index (χ0v) is 19.3. The number of carbonyl (C=O) groups is 1. The van der Waals surface area contributed by atoms with Gasteiger partial charge in [0, 0.05) is 29.6 Å². The summed E-state index contributed by atoms with van der Waals surface area (Å²) in [6.07, 6.45) is 5.58. The topological polar surface area (TPSA) is 46.4 Å². The number of likely N-dealkylation sites (tertiary alicyclic amines) is 1. The molecule has 0 bridgehead atoms. The van der Waals surface area contributed by atoms with E-state index in [1.165, 1.54) is 43.5 Å². The van der Waals surface area contributed by atoms with E-state index in [0.29, 0.717) is 6.54 Å². The molecule has 1 aliphatic rings. The molecule has 0 unspecified atom stereocenters. The van der Waals surface area contributed by atoms with E-state index < -0.39 is 0 Å². The van der Waals surface area contributed by atoms with Gasteiger partial charge in [0.1, 0.15) is 6.54 Å². The summed E-state index contributed by atoms with van der Waals surface area (Å²) < 4.78 is 0. The van der Waals surface area contributed by atoms with Crippen LogP contribution < -0.4 is 10.2 Å². The molecule has 4 rings (SSSR count). The Morgan fingerprint density at radius 2 is 1.69 bits per heavy atom. The first-order valence-corrected chi connectivity index (χ1v) is 12.5. The zero-order chi connectivity index (χ0) is 22.0. The number of rotatable bonds is 9. The minimum Gasteiger partial charge on any atom is -0.351 e. The lowest BCUT2D eigenvalue weighted by Gasteiger charge is -2.29. The second-order valence-corrected chi connectivity index (χ2v) is 9.64. The Hall–Kier alpha value is -2.63. The number of carbonyl (C=O) groups excluding carboxylic acids is 1. The van der Waals surface area contributed by atoms with Gasteiger partial charge < -0.3 is 10.2 Å². The minimum atomic E-state index is -0.00718. The van der Waals surface area contributed by atoms with Crippen molar-refractivity contribution in [3.63, 3.8) is 0 Å². The van der Waals surface area contributed by atoms with E-state index in [1.807, 2.05) is 30.3 Å². The number of amides is 1. The lowest BCUT2D eigenvalue weighted by atomic mass is 9.90. The molecular weight excluding hydrogens is 414 g/mol. The SMILES string of the molecule is O=C(NCCSc1ccccn1)c1ccc(C[NH+]2CCC(Cc3ccccc3)CC2)cc1. The van der Waals surface area contributed by atoms with Crippen LogP contribution >= 0.6 is 11.8 Å². The maximum absolute atomic E-state index is 12.4. The van der Waals surface area contributed by atoms with Crippen LogP contribution in [-0.2, 0) is 13.0 Å². The van der Waals surface area contributed by atoms with E-state index in [9.17, 15) is 4.79 Å². The van der Waals surface area contributed by atoms with Crippen molar-refractivity contribution in [2.75, 3.05) is 25.4 Å². The van der Waals surface area contributed by atoms with Gasteiger partial charge in [0.25, 0.3) is 5.91 Å². The molecule has 0 saturated carbocycles. The molecule has 4 nitrogen and oxygen atoms in total. The zero-order valence-electron chi connectivity index (χ0n) is 18.5. The number of thioether (sulfide) groups is 1. The van der Waals surface area contributed by atoms with Gasteiger partial charge in [0.15, 0.2) is 0 Å². The summed E-state index contributed by atoms with van der Waals surface area (Å²) in [7, 11) is 0. The van der Waals surface area contributed by atoms with Gasteiger partial charge in [-0.3, -0.25) is 4.79 Å². The molecule has 2 heterocycles. The Balaban J connectivity index is 1.16. The first-order chi connectivity index (χ1) is 15.8. The van der Waals surface area contributed by atoms with E-state index in [4.69, 9.17) is 0 Å². The summed E-state index contributed by atoms with van der Waals surface area (Å²) in [5.41, 5.74) is 3.50. The Bertz CT molecular complexity index is 955. The lowest BCUT2D eigenvalue weighted by Crippen LogP contribution is -3.11. The van der Waals surface area contributed by atoms with Crippen molar-refractivity contribution in [3.05, 3.63) is 95.7 Å². The predicted octanol–water partition coefficient (Wildman–Crippen LogP) is 3.64. The molecule has 1 saturated heterocycles. The predicted molar refractivity (Wildman–Crippen MR) is 131 cm³/mol. The highest BCUT2D eigenvalue weighted by Crippen LogP contribution is 2.17. The first kappa shape index (κ1) is 22.6. The quantitative estimate of drug-likeness (QED) is 0.390. The minimum absolute atomic E-state index is 0.00718. The second-order valence-electron chi connectivity index (χ2n) is 8.53. The van der Waals surface area contributed by atoms with Gasteiger partial charge in [-0.2, -0.15) is 0 Å². The van der Waals surface area contributed by atoms with E-state index in [1.54, 1.807) is 22.9 Å². The van der Waals surface area contributed by atoms with Gasteiger partial charge in [-0.15, -0.1) is 11.8 Å². The monoisotopic (exact) mass is 446 g/mol.